The van der Waals surface area contributed by atoms with Gasteiger partial charge >= 0.3 is 5.97 Å². The van der Waals surface area contributed by atoms with Crippen molar-refractivity contribution in [3.8, 4) is 17.1 Å². The molecule has 9 nitrogen and oxygen atoms in total. The minimum atomic E-state index is -0.208. The van der Waals surface area contributed by atoms with Crippen LogP contribution in [0.3, 0.4) is 0 Å². The Balaban J connectivity index is 1.13. The van der Waals surface area contributed by atoms with Crippen molar-refractivity contribution in [2.75, 3.05) is 13.1 Å². The predicted octanol–water partition coefficient (Wildman–Crippen LogP) is 2.70. The molecule has 0 radical (unpaired) electrons. The predicted molar refractivity (Wildman–Crippen MR) is 123 cm³/mol. The van der Waals surface area contributed by atoms with Crippen molar-refractivity contribution in [3.63, 3.8) is 0 Å². The van der Waals surface area contributed by atoms with Gasteiger partial charge in [-0.2, -0.15) is 0 Å². The molecule has 0 unspecified atom stereocenters. The summed E-state index contributed by atoms with van der Waals surface area (Å²) < 4.78 is 6.80. The highest BCUT2D eigenvalue weighted by Crippen LogP contribution is 2.27. The fourth-order valence-electron chi connectivity index (χ4n) is 4.69. The Morgan fingerprint density at radius 1 is 1.12 bits per heavy atom. The highest BCUT2D eigenvalue weighted by atomic mass is 16.5. The lowest BCUT2D eigenvalue weighted by Gasteiger charge is -2.28. The summed E-state index contributed by atoms with van der Waals surface area (Å²) in [6.45, 7) is 5.25. The van der Waals surface area contributed by atoms with Crippen LogP contribution in [0.4, 0.5) is 0 Å². The Morgan fingerprint density at radius 3 is 2.82 bits per heavy atom. The number of aromatic nitrogens is 6. The summed E-state index contributed by atoms with van der Waals surface area (Å²) in [5, 5.41) is 11.3. The van der Waals surface area contributed by atoms with Crippen LogP contribution in [0.2, 0.25) is 0 Å². The molecule has 0 aliphatic carbocycles. The first-order valence-electron chi connectivity index (χ1n) is 11.3. The Bertz CT molecular complexity index is 1370. The molecule has 0 fully saturated rings. The van der Waals surface area contributed by atoms with Crippen molar-refractivity contribution >= 4 is 5.97 Å². The molecule has 2 aliphatic heterocycles. The van der Waals surface area contributed by atoms with E-state index in [4.69, 9.17) is 9.72 Å². The third kappa shape index (κ3) is 3.73. The van der Waals surface area contributed by atoms with E-state index in [0.29, 0.717) is 12.2 Å². The number of esters is 1. The number of carbonyl (C=O) groups is 1. The lowest BCUT2D eigenvalue weighted by molar-refractivity contribution is 0.0535. The molecule has 0 saturated carbocycles. The van der Waals surface area contributed by atoms with Crippen molar-refractivity contribution < 1.29 is 9.53 Å². The second kappa shape index (κ2) is 8.42. The number of rotatable bonds is 5. The van der Waals surface area contributed by atoms with Gasteiger partial charge in [-0.25, -0.2) is 19.4 Å². The number of carbonyl (C=O) groups excluding carboxylic acids is 1. The topological polar surface area (TPSA) is 98.9 Å². The van der Waals surface area contributed by atoms with E-state index in [2.05, 4.69) is 38.4 Å². The molecular formula is C25H23N7O2. The zero-order valence-corrected chi connectivity index (χ0v) is 18.8. The molecule has 6 rings (SSSR count). The van der Waals surface area contributed by atoms with Gasteiger partial charge in [-0.15, -0.1) is 5.10 Å². The highest BCUT2D eigenvalue weighted by Gasteiger charge is 2.24. The van der Waals surface area contributed by atoms with Crippen LogP contribution in [0, 0.1) is 6.92 Å². The first kappa shape index (κ1) is 20.6. The number of hydrogen-bond donors (Lipinski definition) is 0. The molecule has 0 N–H and O–H groups in total. The van der Waals surface area contributed by atoms with Crippen molar-refractivity contribution in [2.45, 2.75) is 32.9 Å². The zero-order chi connectivity index (χ0) is 23.1. The van der Waals surface area contributed by atoms with Crippen LogP contribution in [0.15, 0.2) is 48.9 Å². The van der Waals surface area contributed by atoms with Gasteiger partial charge in [0.2, 0.25) is 0 Å². The highest BCUT2D eigenvalue weighted by molar-refractivity contribution is 5.93. The first-order valence-corrected chi connectivity index (χ1v) is 11.3. The molecule has 0 amide bonds. The summed E-state index contributed by atoms with van der Waals surface area (Å²) in [6.07, 6.45) is 5.37. The van der Waals surface area contributed by atoms with Crippen LogP contribution in [0.5, 0.6) is 0 Å². The van der Waals surface area contributed by atoms with E-state index < -0.39 is 0 Å². The van der Waals surface area contributed by atoms with E-state index in [1.54, 1.807) is 11.0 Å². The van der Waals surface area contributed by atoms with Gasteiger partial charge in [0.15, 0.2) is 5.82 Å². The summed E-state index contributed by atoms with van der Waals surface area (Å²) in [4.78, 5) is 23.7. The van der Waals surface area contributed by atoms with Crippen LogP contribution >= 0.6 is 0 Å². The standard InChI is InChI=1S/C25H23N7O2/c1-16-17(4-7-21-22(16)14-34-25(21)33)8-10-31-11-9-23-19(13-31)12-26-24(28-23)18-2-5-20(6-3-18)32-15-27-29-30-32/h2-7,12,15H,8-11,13-14H2,1H3. The SMILES string of the molecule is Cc1c(CCN2CCc3nc(-c4ccc(-n5cnnn5)cc4)ncc3C2)ccc2c1COC2=O. The summed E-state index contributed by atoms with van der Waals surface area (Å²) >= 11 is 0. The van der Waals surface area contributed by atoms with Crippen LogP contribution in [0.1, 0.15) is 38.3 Å². The molecule has 9 heteroatoms. The molecule has 0 saturated heterocycles. The van der Waals surface area contributed by atoms with E-state index in [9.17, 15) is 4.79 Å². The van der Waals surface area contributed by atoms with Crippen LogP contribution < -0.4 is 0 Å². The lowest BCUT2D eigenvalue weighted by Crippen LogP contribution is -2.33. The van der Waals surface area contributed by atoms with Crippen LogP contribution in [-0.4, -0.2) is 54.1 Å². The number of fused-ring (bicyclic) bond motifs is 2. The average molecular weight is 454 g/mol. The van der Waals surface area contributed by atoms with Crippen LogP contribution in [-0.2, 0) is 30.7 Å². The largest absolute Gasteiger partial charge is 0.457 e. The van der Waals surface area contributed by atoms with E-state index in [1.165, 1.54) is 16.7 Å². The fourth-order valence-corrected chi connectivity index (χ4v) is 4.69. The van der Waals surface area contributed by atoms with E-state index in [-0.39, 0.29) is 5.97 Å². The van der Waals surface area contributed by atoms with E-state index in [1.807, 2.05) is 36.5 Å². The molecule has 170 valence electrons. The van der Waals surface area contributed by atoms with Crippen molar-refractivity contribution in [3.05, 3.63) is 82.4 Å². The van der Waals surface area contributed by atoms with E-state index >= 15 is 0 Å². The van der Waals surface area contributed by atoms with Crippen LogP contribution in [0.25, 0.3) is 17.1 Å². The molecule has 0 atom stereocenters. The first-order chi connectivity index (χ1) is 16.7. The third-order valence-electron chi connectivity index (χ3n) is 6.73. The Kier molecular flexibility index (Phi) is 5.10. The number of nitrogens with zero attached hydrogens (tertiary/aromatic N) is 7. The summed E-state index contributed by atoms with van der Waals surface area (Å²) in [6, 6.07) is 11.9. The third-order valence-corrected chi connectivity index (χ3v) is 6.73. The molecule has 4 heterocycles. The lowest BCUT2D eigenvalue weighted by atomic mass is 9.96. The van der Waals surface area contributed by atoms with Gasteiger partial charge in [0.05, 0.1) is 16.9 Å². The fraction of sp³-hybridized carbons (Fsp3) is 0.280. The maximum absolute atomic E-state index is 11.8. The summed E-state index contributed by atoms with van der Waals surface area (Å²) in [7, 11) is 0. The number of hydrogen-bond acceptors (Lipinski definition) is 8. The van der Waals surface area contributed by atoms with Gasteiger partial charge < -0.3 is 4.74 Å². The Hall–Kier alpha value is -3.98. The molecular weight excluding hydrogens is 430 g/mol. The molecule has 2 aromatic carbocycles. The summed E-state index contributed by atoms with van der Waals surface area (Å²) in [5.41, 5.74) is 8.38. The quantitative estimate of drug-likeness (QED) is 0.426. The molecule has 0 bridgehead atoms. The number of benzene rings is 2. The van der Waals surface area contributed by atoms with Gasteiger partial charge in [0, 0.05) is 48.9 Å². The van der Waals surface area contributed by atoms with Crippen molar-refractivity contribution in [1.82, 2.24) is 35.1 Å². The molecule has 2 aromatic heterocycles. The zero-order valence-electron chi connectivity index (χ0n) is 18.8. The maximum Gasteiger partial charge on any atom is 0.338 e. The second-order valence-corrected chi connectivity index (χ2v) is 8.69. The van der Waals surface area contributed by atoms with E-state index in [0.717, 1.165) is 60.8 Å². The molecule has 4 aromatic rings. The molecule has 0 spiro atoms. The number of ether oxygens (including phenoxy) is 1. The monoisotopic (exact) mass is 453 g/mol. The van der Waals surface area contributed by atoms with Crippen molar-refractivity contribution in [1.29, 1.82) is 0 Å². The van der Waals surface area contributed by atoms with Crippen molar-refractivity contribution in [2.24, 2.45) is 0 Å². The van der Waals surface area contributed by atoms with Gasteiger partial charge in [0.1, 0.15) is 12.9 Å². The Morgan fingerprint density at radius 2 is 2.00 bits per heavy atom. The Labute approximate surface area is 196 Å². The minimum absolute atomic E-state index is 0.208. The molecule has 2 aliphatic rings. The second-order valence-electron chi connectivity index (χ2n) is 8.69. The number of cyclic esters (lactones) is 1. The van der Waals surface area contributed by atoms with Gasteiger partial charge in [0.25, 0.3) is 0 Å². The van der Waals surface area contributed by atoms with Gasteiger partial charge in [-0.05, 0) is 65.2 Å². The van der Waals surface area contributed by atoms with Gasteiger partial charge in [-0.3, -0.25) is 4.90 Å². The molecule has 34 heavy (non-hydrogen) atoms. The smallest absolute Gasteiger partial charge is 0.338 e. The minimum Gasteiger partial charge on any atom is -0.457 e. The van der Waals surface area contributed by atoms with Gasteiger partial charge in [-0.1, -0.05) is 6.07 Å². The maximum atomic E-state index is 11.8. The summed E-state index contributed by atoms with van der Waals surface area (Å²) in [5.74, 6) is 0.529. The average Bonchev–Trinajstić information content (AvgIpc) is 3.54. The number of tetrazole rings is 1. The normalized spacial score (nSPS) is 15.1.